The lowest BCUT2D eigenvalue weighted by Gasteiger charge is -1.94. The number of halogens is 1. The maximum absolute atomic E-state index is 10.2. The third-order valence-corrected chi connectivity index (χ3v) is 1.59. The third kappa shape index (κ3) is 2.51. The lowest BCUT2D eigenvalue weighted by atomic mass is 10.2. The molecule has 0 fully saturated rings. The van der Waals surface area contributed by atoms with E-state index in [0.717, 1.165) is 0 Å². The molecule has 0 aliphatic heterocycles. The van der Waals surface area contributed by atoms with Crippen LogP contribution in [0, 0.1) is 0 Å². The van der Waals surface area contributed by atoms with E-state index in [9.17, 15) is 4.79 Å². The Morgan fingerprint density at radius 3 is 2.22 bits per heavy atom. The molecule has 9 heavy (non-hydrogen) atoms. The Labute approximate surface area is 59.1 Å². The van der Waals surface area contributed by atoms with Gasteiger partial charge in [-0.2, -0.15) is 0 Å². The van der Waals surface area contributed by atoms with Crippen molar-refractivity contribution in [1.82, 2.24) is 0 Å². The van der Waals surface area contributed by atoms with Gasteiger partial charge in [0.25, 0.3) is 0 Å². The molecule has 0 amide bonds. The lowest BCUT2D eigenvalue weighted by molar-refractivity contribution is -0.132. The molecular formula is C6H9ClO2. The predicted molar refractivity (Wildman–Crippen MR) is 36.5 cm³/mol. The van der Waals surface area contributed by atoms with Gasteiger partial charge in [-0.3, -0.25) is 0 Å². The van der Waals surface area contributed by atoms with Crippen LogP contribution in [0.15, 0.2) is 10.6 Å². The molecule has 3 heteroatoms. The van der Waals surface area contributed by atoms with Gasteiger partial charge < -0.3 is 5.11 Å². The van der Waals surface area contributed by atoms with Crippen LogP contribution < -0.4 is 0 Å². The first kappa shape index (κ1) is 8.50. The van der Waals surface area contributed by atoms with Crippen LogP contribution in [0.3, 0.4) is 0 Å². The summed E-state index contributed by atoms with van der Waals surface area (Å²) in [5, 5.41) is 8.76. The smallest absolute Gasteiger partial charge is 0.332 e. The van der Waals surface area contributed by atoms with Gasteiger partial charge >= 0.3 is 5.97 Å². The van der Waals surface area contributed by atoms with Gasteiger partial charge in [0.05, 0.1) is 0 Å². The number of carbonyl (C=O) groups is 1. The SMILES string of the molecule is CC/C(Cl)=C(\C)C(=O)O. The zero-order valence-electron chi connectivity index (χ0n) is 5.44. The van der Waals surface area contributed by atoms with Crippen LogP contribution in [0.4, 0.5) is 0 Å². The number of hydrogen-bond acceptors (Lipinski definition) is 1. The van der Waals surface area contributed by atoms with Crippen LogP contribution in [0.1, 0.15) is 20.3 Å². The average Bonchev–Trinajstić information content (AvgIpc) is 1.84. The van der Waals surface area contributed by atoms with E-state index in [-0.39, 0.29) is 5.57 Å². The molecule has 0 bridgehead atoms. The monoisotopic (exact) mass is 148 g/mol. The molecule has 0 aromatic carbocycles. The molecule has 0 unspecified atom stereocenters. The number of hydrogen-bond donors (Lipinski definition) is 1. The van der Waals surface area contributed by atoms with Crippen molar-refractivity contribution in [3.63, 3.8) is 0 Å². The van der Waals surface area contributed by atoms with Crippen LogP contribution in [-0.2, 0) is 4.79 Å². The van der Waals surface area contributed by atoms with Crippen LogP contribution >= 0.6 is 11.6 Å². The molecule has 0 saturated heterocycles. The summed E-state index contributed by atoms with van der Waals surface area (Å²) in [7, 11) is 0. The lowest BCUT2D eigenvalue weighted by Crippen LogP contribution is -1.97. The van der Waals surface area contributed by atoms with E-state index in [4.69, 9.17) is 16.7 Å². The van der Waals surface area contributed by atoms with Gasteiger partial charge in [0.15, 0.2) is 0 Å². The minimum atomic E-state index is -0.943. The van der Waals surface area contributed by atoms with Crippen molar-refractivity contribution in [2.24, 2.45) is 0 Å². The standard InChI is InChI=1S/C6H9ClO2/c1-3-5(7)4(2)6(8)9/h3H2,1-2H3,(H,8,9)/b5-4-. The van der Waals surface area contributed by atoms with Gasteiger partial charge in [0.2, 0.25) is 0 Å². The number of allylic oxidation sites excluding steroid dienone is 1. The molecule has 0 rings (SSSR count). The van der Waals surface area contributed by atoms with Crippen molar-refractivity contribution in [1.29, 1.82) is 0 Å². The minimum Gasteiger partial charge on any atom is -0.478 e. The first-order valence-electron chi connectivity index (χ1n) is 2.68. The summed E-state index contributed by atoms with van der Waals surface area (Å²) in [5.74, 6) is -0.943. The van der Waals surface area contributed by atoms with E-state index in [1.807, 2.05) is 6.92 Å². The van der Waals surface area contributed by atoms with E-state index >= 15 is 0 Å². The Morgan fingerprint density at radius 2 is 2.11 bits per heavy atom. The summed E-state index contributed by atoms with van der Waals surface area (Å²) in [6.45, 7) is 3.31. The fourth-order valence-corrected chi connectivity index (χ4v) is 0.462. The van der Waals surface area contributed by atoms with Gasteiger partial charge in [0, 0.05) is 10.6 Å². The normalized spacial score (nSPS) is 12.8. The summed E-state index contributed by atoms with van der Waals surface area (Å²) in [6, 6.07) is 0. The Morgan fingerprint density at radius 1 is 1.67 bits per heavy atom. The topological polar surface area (TPSA) is 37.3 Å². The zero-order chi connectivity index (χ0) is 7.44. The zero-order valence-corrected chi connectivity index (χ0v) is 6.20. The fraction of sp³-hybridized carbons (Fsp3) is 0.500. The number of carboxylic acid groups (broad SMARTS) is 1. The summed E-state index contributed by atoms with van der Waals surface area (Å²) in [6.07, 6.45) is 0.583. The number of rotatable bonds is 2. The molecule has 0 aromatic rings. The van der Waals surface area contributed by atoms with Crippen molar-refractivity contribution in [3.05, 3.63) is 10.6 Å². The Balaban J connectivity index is 4.28. The predicted octanol–water partition coefficient (Wildman–Crippen LogP) is 1.99. The highest BCUT2D eigenvalue weighted by Crippen LogP contribution is 2.12. The highest BCUT2D eigenvalue weighted by molar-refractivity contribution is 6.31. The molecule has 0 heterocycles. The molecule has 0 radical (unpaired) electrons. The fourth-order valence-electron chi connectivity index (χ4n) is 0.381. The van der Waals surface area contributed by atoms with Gasteiger partial charge in [-0.25, -0.2) is 4.79 Å². The Kier molecular flexibility index (Phi) is 3.32. The van der Waals surface area contributed by atoms with Crippen molar-refractivity contribution in [3.8, 4) is 0 Å². The molecule has 2 nitrogen and oxygen atoms in total. The first-order chi connectivity index (χ1) is 4.09. The number of carboxylic acids is 1. The van der Waals surface area contributed by atoms with Crippen molar-refractivity contribution < 1.29 is 9.90 Å². The largest absolute Gasteiger partial charge is 0.478 e. The molecule has 1 N–H and O–H groups in total. The van der Waals surface area contributed by atoms with E-state index in [2.05, 4.69) is 0 Å². The summed E-state index contributed by atoms with van der Waals surface area (Å²) in [5.41, 5.74) is 0.235. The van der Waals surface area contributed by atoms with E-state index in [1.165, 1.54) is 6.92 Å². The second-order valence-corrected chi connectivity index (χ2v) is 2.14. The van der Waals surface area contributed by atoms with Crippen LogP contribution in [0.2, 0.25) is 0 Å². The molecule has 0 saturated carbocycles. The maximum atomic E-state index is 10.2. The maximum Gasteiger partial charge on any atom is 0.332 e. The van der Waals surface area contributed by atoms with Gasteiger partial charge in [-0.1, -0.05) is 18.5 Å². The van der Waals surface area contributed by atoms with Gasteiger partial charge in [-0.05, 0) is 13.3 Å². The molecular weight excluding hydrogens is 140 g/mol. The summed E-state index contributed by atoms with van der Waals surface area (Å²) in [4.78, 5) is 10.2. The van der Waals surface area contributed by atoms with Gasteiger partial charge in [0.1, 0.15) is 0 Å². The van der Waals surface area contributed by atoms with Crippen LogP contribution in [-0.4, -0.2) is 11.1 Å². The Bertz CT molecular complexity index is 149. The minimum absolute atomic E-state index is 0.235. The second-order valence-electron chi connectivity index (χ2n) is 1.69. The van der Waals surface area contributed by atoms with E-state index in [1.54, 1.807) is 0 Å². The third-order valence-electron chi connectivity index (χ3n) is 1.04. The quantitative estimate of drug-likeness (QED) is 0.609. The highest BCUT2D eigenvalue weighted by atomic mass is 35.5. The summed E-state index contributed by atoms with van der Waals surface area (Å²) < 4.78 is 0. The van der Waals surface area contributed by atoms with Crippen molar-refractivity contribution >= 4 is 17.6 Å². The molecule has 0 atom stereocenters. The molecule has 0 spiro atoms. The average molecular weight is 149 g/mol. The highest BCUT2D eigenvalue weighted by Gasteiger charge is 2.03. The molecule has 0 aliphatic rings. The van der Waals surface area contributed by atoms with Crippen molar-refractivity contribution in [2.75, 3.05) is 0 Å². The Hall–Kier alpha value is -0.500. The molecule has 52 valence electrons. The number of aliphatic carboxylic acids is 1. The van der Waals surface area contributed by atoms with Gasteiger partial charge in [-0.15, -0.1) is 0 Å². The van der Waals surface area contributed by atoms with Crippen LogP contribution in [0.25, 0.3) is 0 Å². The van der Waals surface area contributed by atoms with E-state index in [0.29, 0.717) is 11.5 Å². The summed E-state index contributed by atoms with van der Waals surface area (Å²) >= 11 is 5.51. The van der Waals surface area contributed by atoms with Crippen molar-refractivity contribution in [2.45, 2.75) is 20.3 Å². The second kappa shape index (κ2) is 3.51. The molecule has 0 aromatic heterocycles. The first-order valence-corrected chi connectivity index (χ1v) is 3.06. The van der Waals surface area contributed by atoms with Crippen LogP contribution in [0.5, 0.6) is 0 Å². The molecule has 0 aliphatic carbocycles. The van der Waals surface area contributed by atoms with E-state index < -0.39 is 5.97 Å².